The molecule has 2 aromatic carbocycles. The third kappa shape index (κ3) is 40.6. The van der Waals surface area contributed by atoms with Crippen LogP contribution in [0.1, 0.15) is 44.4 Å². The Morgan fingerprint density at radius 3 is 0.932 bits per heavy atom. The fourth-order valence-electron chi connectivity index (χ4n) is 8.44. The van der Waals surface area contributed by atoms with Crippen molar-refractivity contribution in [1.29, 1.82) is 0 Å². The van der Waals surface area contributed by atoms with Crippen LogP contribution >= 0.6 is 0 Å². The second kappa shape index (κ2) is 54.6. The number of aryl methyl sites for hydroxylation is 1. The van der Waals surface area contributed by atoms with E-state index in [0.717, 1.165) is 5.69 Å². The van der Waals surface area contributed by atoms with Gasteiger partial charge in [-0.1, -0.05) is 24.3 Å². The van der Waals surface area contributed by atoms with Crippen LogP contribution in [0.3, 0.4) is 0 Å². The van der Waals surface area contributed by atoms with Gasteiger partial charge in [-0.15, -0.1) is 0 Å². The number of allylic oxidation sites excluding steroid dienone is 1. The van der Waals surface area contributed by atoms with Gasteiger partial charge in [0.25, 0.3) is 0 Å². The summed E-state index contributed by atoms with van der Waals surface area (Å²) in [7, 11) is 2.14. The van der Waals surface area contributed by atoms with Gasteiger partial charge in [0.15, 0.2) is 5.71 Å². The van der Waals surface area contributed by atoms with E-state index in [1.165, 1.54) is 41.9 Å². The molecule has 0 saturated heterocycles. The number of fused-ring (bicyclic) bond motifs is 1. The highest BCUT2D eigenvalue weighted by Crippen LogP contribution is 2.39. The standard InChI is InChI=1S/C64H107N2O22/c1-56-55-60(13-11-59(56)12-14-63-64(4,5)61-9-7-8-10-62(61)65(63)6)66(15-17-69-19-21-71-23-25-73-27-29-75-31-33-77-35-37-79-39-41-81-43-45-83-47-49-85-51-53-87-57(2)67)16-18-70-20-22-72-24-26-74-28-30-76-32-34-78-36-38-80-40-42-82-44-46-84-48-50-86-52-54-88-58(3)68/h7-14,55H,15-54H2,1-6H3/q+1. The van der Waals surface area contributed by atoms with Gasteiger partial charge in [0, 0.05) is 50.3 Å². The van der Waals surface area contributed by atoms with Gasteiger partial charge in [0.2, 0.25) is 5.69 Å². The van der Waals surface area contributed by atoms with Crippen LogP contribution in [0.2, 0.25) is 0 Å². The summed E-state index contributed by atoms with van der Waals surface area (Å²) in [6, 6.07) is 15.2. The van der Waals surface area contributed by atoms with Crippen LogP contribution in [0.15, 0.2) is 48.5 Å². The number of benzene rings is 2. The van der Waals surface area contributed by atoms with Gasteiger partial charge in [-0.3, -0.25) is 9.59 Å². The zero-order valence-corrected chi connectivity index (χ0v) is 53.9. The predicted molar refractivity (Wildman–Crippen MR) is 331 cm³/mol. The number of anilines is 1. The first-order valence-corrected chi connectivity index (χ1v) is 31.0. The Bertz CT molecular complexity index is 2010. The van der Waals surface area contributed by atoms with E-state index in [-0.39, 0.29) is 30.6 Å². The lowest BCUT2D eigenvalue weighted by molar-refractivity contribution is -0.401. The van der Waals surface area contributed by atoms with E-state index < -0.39 is 0 Å². The lowest BCUT2D eigenvalue weighted by atomic mass is 9.81. The molecule has 0 fully saturated rings. The van der Waals surface area contributed by atoms with Crippen molar-refractivity contribution in [2.45, 2.75) is 40.0 Å². The van der Waals surface area contributed by atoms with E-state index >= 15 is 0 Å². The molecule has 0 atom stereocenters. The van der Waals surface area contributed by atoms with Crippen molar-refractivity contribution in [3.05, 3.63) is 65.2 Å². The van der Waals surface area contributed by atoms with E-state index in [9.17, 15) is 9.59 Å². The highest BCUT2D eigenvalue weighted by atomic mass is 16.6. The van der Waals surface area contributed by atoms with E-state index in [2.05, 4.69) is 91.9 Å². The van der Waals surface area contributed by atoms with Crippen molar-refractivity contribution in [1.82, 2.24) is 0 Å². The van der Waals surface area contributed by atoms with Crippen LogP contribution in [-0.4, -0.2) is 293 Å². The summed E-state index contributed by atoms with van der Waals surface area (Å²) in [5, 5.41) is 0. The summed E-state index contributed by atoms with van der Waals surface area (Å²) < 4.78 is 113. The highest BCUT2D eigenvalue weighted by molar-refractivity contribution is 6.05. The number of para-hydroxylation sites is 1. The monoisotopic (exact) mass is 1260 g/mol. The molecular formula is C64H107N2O22+. The quantitative estimate of drug-likeness (QED) is 0.0485. The SMILES string of the molecule is CC(=O)OCCOCCOCCOCCOCCOCCOCCOCCOCCOCCN(CCOCCOCCOCCOCCOCCOCCOCCOCCOCCOC(C)=O)c1ccc(/C=C/C2=[N+](C)c3ccccc3C2(C)C)c(C)c1. The number of ether oxygens (including phenoxy) is 20. The topological polar surface area (TPSA) is 225 Å². The minimum absolute atomic E-state index is 0.0993. The van der Waals surface area contributed by atoms with E-state index in [1.807, 2.05) is 0 Å². The maximum Gasteiger partial charge on any atom is 0.302 e. The molecule has 2 aromatic rings. The molecular weight excluding hydrogens is 1150 g/mol. The van der Waals surface area contributed by atoms with Gasteiger partial charge in [0.1, 0.15) is 20.3 Å². The lowest BCUT2D eigenvalue weighted by Gasteiger charge is -2.25. The molecule has 0 unspecified atom stereocenters. The maximum absolute atomic E-state index is 10.7. The third-order valence-corrected chi connectivity index (χ3v) is 13.0. The second-order valence-corrected chi connectivity index (χ2v) is 20.2. The van der Waals surface area contributed by atoms with E-state index in [1.54, 1.807) is 0 Å². The summed E-state index contributed by atoms with van der Waals surface area (Å²) in [6.45, 7) is 28.0. The second-order valence-electron chi connectivity index (χ2n) is 20.2. The maximum atomic E-state index is 10.7. The normalized spacial score (nSPS) is 12.9. The van der Waals surface area contributed by atoms with E-state index in [4.69, 9.17) is 94.7 Å². The molecule has 0 N–H and O–H groups in total. The van der Waals surface area contributed by atoms with Crippen molar-refractivity contribution in [3.63, 3.8) is 0 Å². The average molecular weight is 1260 g/mol. The molecule has 0 spiro atoms. The van der Waals surface area contributed by atoms with Crippen LogP contribution in [0.5, 0.6) is 0 Å². The number of nitrogens with zero attached hydrogens (tertiary/aromatic N) is 2. The predicted octanol–water partition coefficient (Wildman–Crippen LogP) is 4.95. The molecule has 0 radical (unpaired) electrons. The molecule has 0 saturated carbocycles. The fraction of sp³-hybridized carbons (Fsp3) is 0.734. The minimum Gasteiger partial charge on any atom is -0.463 e. The molecule has 0 amide bonds. The Labute approximate surface area is 523 Å². The molecule has 88 heavy (non-hydrogen) atoms. The molecule has 1 aliphatic heterocycles. The largest absolute Gasteiger partial charge is 0.463 e. The van der Waals surface area contributed by atoms with Gasteiger partial charge in [0.05, 0.1) is 243 Å². The summed E-state index contributed by atoms with van der Waals surface area (Å²) in [5.74, 6) is -0.637. The number of hydrogen-bond acceptors (Lipinski definition) is 23. The van der Waals surface area contributed by atoms with Crippen molar-refractivity contribution < 1.29 is 109 Å². The molecule has 1 heterocycles. The van der Waals surface area contributed by atoms with Crippen LogP contribution in [0.4, 0.5) is 11.4 Å². The zero-order chi connectivity index (χ0) is 63.1. The van der Waals surface area contributed by atoms with Crippen molar-refractivity contribution in [3.8, 4) is 0 Å². The van der Waals surface area contributed by atoms with Gasteiger partial charge >= 0.3 is 11.9 Å². The Morgan fingerprint density at radius 2 is 0.659 bits per heavy atom. The van der Waals surface area contributed by atoms with Gasteiger partial charge in [-0.25, -0.2) is 0 Å². The molecule has 0 bridgehead atoms. The molecule has 24 heteroatoms. The Hall–Kier alpha value is -4.13. The van der Waals surface area contributed by atoms with Crippen LogP contribution in [-0.2, 0) is 110 Å². The van der Waals surface area contributed by atoms with Crippen molar-refractivity contribution in [2.24, 2.45) is 0 Å². The Kier molecular flexibility index (Phi) is 48.5. The lowest BCUT2D eigenvalue weighted by Crippen LogP contribution is -2.31. The first kappa shape index (κ1) is 78.1. The number of carbonyl (C=O) groups excluding carboxylic acids is 2. The molecule has 0 aliphatic carbocycles. The molecule has 0 aromatic heterocycles. The highest BCUT2D eigenvalue weighted by Gasteiger charge is 2.42. The third-order valence-electron chi connectivity index (χ3n) is 13.0. The van der Waals surface area contributed by atoms with Crippen molar-refractivity contribution in [2.75, 3.05) is 276 Å². The fourth-order valence-corrected chi connectivity index (χ4v) is 8.44. The summed E-state index contributed by atoms with van der Waals surface area (Å²) >= 11 is 0. The van der Waals surface area contributed by atoms with Gasteiger partial charge in [-0.05, 0) is 50.1 Å². The van der Waals surface area contributed by atoms with Crippen LogP contribution in [0.25, 0.3) is 6.08 Å². The van der Waals surface area contributed by atoms with Crippen LogP contribution < -0.4 is 4.90 Å². The average Bonchev–Trinajstić information content (AvgIpc) is 1.82. The smallest absolute Gasteiger partial charge is 0.302 e. The van der Waals surface area contributed by atoms with Crippen molar-refractivity contribution >= 4 is 35.1 Å². The molecule has 1 aliphatic rings. The summed E-state index contributed by atoms with van der Waals surface area (Å²) in [5.41, 5.74) is 7.19. The first-order chi connectivity index (χ1) is 43.1. The first-order valence-electron chi connectivity index (χ1n) is 31.0. The number of carbonyl (C=O) groups is 2. The molecule has 504 valence electrons. The minimum atomic E-state index is -0.318. The van der Waals surface area contributed by atoms with Gasteiger partial charge < -0.3 is 99.6 Å². The molecule has 3 rings (SSSR count). The Morgan fingerprint density at radius 1 is 0.386 bits per heavy atom. The summed E-state index contributed by atoms with van der Waals surface area (Å²) in [4.78, 5) is 23.7. The van der Waals surface area contributed by atoms with E-state index in [0.29, 0.717) is 251 Å². The van der Waals surface area contributed by atoms with Gasteiger partial charge in [-0.2, -0.15) is 4.58 Å². The van der Waals surface area contributed by atoms with Crippen LogP contribution in [0, 0.1) is 6.92 Å². The molecule has 24 nitrogen and oxygen atoms in total. The number of esters is 2. The Balaban J connectivity index is 1.18. The number of rotatable bonds is 63. The number of hydrogen-bond donors (Lipinski definition) is 0. The zero-order valence-electron chi connectivity index (χ0n) is 53.9. The summed E-state index contributed by atoms with van der Waals surface area (Å²) in [6.07, 6.45) is 4.48.